The zero-order chi connectivity index (χ0) is 26.8. The quantitative estimate of drug-likeness (QED) is 0.485. The highest BCUT2D eigenvalue weighted by Gasteiger charge is 2.65. The second-order valence-electron chi connectivity index (χ2n) is 14.0. The molecule has 4 aliphatic rings. The molecule has 0 radical (unpaired) electrons. The first-order valence-corrected chi connectivity index (χ1v) is 14.8. The van der Waals surface area contributed by atoms with Gasteiger partial charge in [-0.2, -0.15) is 0 Å². The maximum Gasteiger partial charge on any atom is 0.256 e. The normalized spacial score (nSPS) is 43.9. The van der Waals surface area contributed by atoms with Crippen molar-refractivity contribution in [3.05, 3.63) is 35.6 Å². The summed E-state index contributed by atoms with van der Waals surface area (Å²) in [6.07, 6.45) is 8.68. The summed E-state index contributed by atoms with van der Waals surface area (Å²) in [5, 5.41) is 21.6. The number of fused-ring (bicyclic) bond motifs is 5. The van der Waals surface area contributed by atoms with Crippen LogP contribution in [0.1, 0.15) is 95.8 Å². The first-order chi connectivity index (χ1) is 17.4. The Hall–Kier alpha value is -1.46. The minimum absolute atomic E-state index is 0.0926. The predicted molar refractivity (Wildman–Crippen MR) is 144 cm³/mol. The van der Waals surface area contributed by atoms with Crippen LogP contribution in [-0.4, -0.2) is 46.8 Å². The fourth-order valence-corrected chi connectivity index (χ4v) is 10.2. The van der Waals surface area contributed by atoms with Crippen molar-refractivity contribution >= 4 is 5.91 Å². The van der Waals surface area contributed by atoms with Crippen molar-refractivity contribution in [1.29, 1.82) is 0 Å². The van der Waals surface area contributed by atoms with Gasteiger partial charge in [-0.1, -0.05) is 39.8 Å². The van der Waals surface area contributed by atoms with Crippen LogP contribution in [0.4, 0.5) is 4.39 Å². The van der Waals surface area contributed by atoms with Crippen molar-refractivity contribution in [2.75, 3.05) is 13.6 Å². The number of nitrogens with zero attached hydrogens (tertiary/aromatic N) is 1. The summed E-state index contributed by atoms with van der Waals surface area (Å²) in [6.45, 7) is 10.2. The van der Waals surface area contributed by atoms with Gasteiger partial charge in [-0.25, -0.2) is 4.39 Å². The summed E-state index contributed by atoms with van der Waals surface area (Å²) in [5.74, 6) is 2.54. The molecule has 1 amide bonds. The molecule has 0 saturated heterocycles. The second kappa shape index (κ2) is 9.62. The number of amides is 1. The number of hydrogen-bond donors (Lipinski definition) is 2. The standard InChI is InChI=1S/C32H48FNO3/c1-20(15-19-34(5)29(37)22-8-6-7-9-26(22)33)23-10-11-24-21-12-17-32(4)28(36)27(35)14-18-31(32,3)25(21)13-16-30(23,24)2/h6-9,20-21,23-25,27-28,35-36H,10-19H2,1-5H3/t20-,21+,23-,24+,25+,27+,28+,30-,31-,32+/m1/s1. The van der Waals surface area contributed by atoms with Crippen molar-refractivity contribution in [3.8, 4) is 0 Å². The lowest BCUT2D eigenvalue weighted by atomic mass is 9.39. The molecule has 206 valence electrons. The van der Waals surface area contributed by atoms with Gasteiger partial charge >= 0.3 is 0 Å². The summed E-state index contributed by atoms with van der Waals surface area (Å²) in [6, 6.07) is 6.25. The lowest BCUT2D eigenvalue weighted by Gasteiger charge is -2.66. The molecule has 4 nitrogen and oxygen atoms in total. The SMILES string of the molecule is C[C@H](CCN(C)C(=O)c1ccccc1F)[C@H]1CC[C@H]2[C@@H]3CC[C@@]4(C)[C@@H](O)[C@@H](O)CC[C@]4(C)[C@H]3CC[C@]12C. The van der Waals surface area contributed by atoms with Gasteiger partial charge in [0.05, 0.1) is 17.8 Å². The average Bonchev–Trinajstić information content (AvgIpc) is 3.24. The summed E-state index contributed by atoms with van der Waals surface area (Å²) in [4.78, 5) is 14.5. The van der Waals surface area contributed by atoms with E-state index in [1.165, 1.54) is 38.2 Å². The molecule has 37 heavy (non-hydrogen) atoms. The molecule has 5 rings (SSSR count). The van der Waals surface area contributed by atoms with E-state index < -0.39 is 18.0 Å². The van der Waals surface area contributed by atoms with E-state index >= 15 is 0 Å². The van der Waals surface area contributed by atoms with Gasteiger partial charge in [-0.15, -0.1) is 0 Å². The monoisotopic (exact) mass is 513 g/mol. The molecule has 10 atom stereocenters. The van der Waals surface area contributed by atoms with Crippen LogP contribution in [0.2, 0.25) is 0 Å². The van der Waals surface area contributed by atoms with Crippen LogP contribution in [0.5, 0.6) is 0 Å². The topological polar surface area (TPSA) is 60.8 Å². The molecule has 0 spiro atoms. The summed E-state index contributed by atoms with van der Waals surface area (Å²) in [5.41, 5.74) is 0.378. The third-order valence-electron chi connectivity index (χ3n) is 12.7. The Morgan fingerprint density at radius 2 is 1.70 bits per heavy atom. The Morgan fingerprint density at radius 1 is 1.00 bits per heavy atom. The number of halogens is 1. The molecular weight excluding hydrogens is 465 g/mol. The molecule has 4 saturated carbocycles. The highest BCUT2D eigenvalue weighted by atomic mass is 19.1. The second-order valence-corrected chi connectivity index (χ2v) is 14.0. The van der Waals surface area contributed by atoms with Crippen molar-refractivity contribution in [2.24, 2.45) is 45.8 Å². The molecule has 0 aliphatic heterocycles. The predicted octanol–water partition coefficient (Wildman–Crippen LogP) is 6.30. The minimum atomic E-state index is -0.610. The molecule has 0 heterocycles. The smallest absolute Gasteiger partial charge is 0.256 e. The number of aliphatic hydroxyl groups excluding tert-OH is 2. The van der Waals surface area contributed by atoms with Crippen molar-refractivity contribution in [3.63, 3.8) is 0 Å². The fourth-order valence-electron chi connectivity index (χ4n) is 10.2. The van der Waals surface area contributed by atoms with Gasteiger partial charge in [0.25, 0.3) is 5.91 Å². The molecule has 0 aromatic heterocycles. The van der Waals surface area contributed by atoms with Crippen LogP contribution in [0.3, 0.4) is 0 Å². The Morgan fingerprint density at radius 3 is 2.43 bits per heavy atom. The maximum absolute atomic E-state index is 14.1. The van der Waals surface area contributed by atoms with Crippen LogP contribution < -0.4 is 0 Å². The van der Waals surface area contributed by atoms with E-state index in [2.05, 4.69) is 27.7 Å². The van der Waals surface area contributed by atoms with Crippen LogP contribution in [0, 0.1) is 51.7 Å². The molecule has 0 unspecified atom stereocenters. The Bertz CT molecular complexity index is 1020. The average molecular weight is 514 g/mol. The largest absolute Gasteiger partial charge is 0.390 e. The minimum Gasteiger partial charge on any atom is -0.390 e. The number of benzene rings is 1. The van der Waals surface area contributed by atoms with Gasteiger partial charge in [-0.05, 0) is 110 Å². The molecule has 0 bridgehead atoms. The lowest BCUT2D eigenvalue weighted by Crippen LogP contribution is -2.63. The van der Waals surface area contributed by atoms with E-state index in [4.69, 9.17) is 0 Å². The Balaban J connectivity index is 1.26. The first-order valence-electron chi connectivity index (χ1n) is 14.8. The van der Waals surface area contributed by atoms with Crippen LogP contribution >= 0.6 is 0 Å². The summed E-state index contributed by atoms with van der Waals surface area (Å²) < 4.78 is 14.1. The molecule has 1 aromatic rings. The van der Waals surface area contributed by atoms with E-state index in [0.717, 1.165) is 31.6 Å². The number of carbonyl (C=O) groups excluding carboxylic acids is 1. The highest BCUT2D eigenvalue weighted by Crippen LogP contribution is 2.71. The van der Waals surface area contributed by atoms with Gasteiger partial charge in [0.2, 0.25) is 0 Å². The number of hydrogen-bond acceptors (Lipinski definition) is 3. The number of aliphatic hydroxyl groups is 2. The van der Waals surface area contributed by atoms with Gasteiger partial charge in [0, 0.05) is 19.0 Å². The highest BCUT2D eigenvalue weighted by molar-refractivity contribution is 5.94. The van der Waals surface area contributed by atoms with Gasteiger partial charge in [0.15, 0.2) is 0 Å². The molecule has 1 aromatic carbocycles. The number of rotatable bonds is 5. The van der Waals surface area contributed by atoms with E-state index in [0.29, 0.717) is 35.6 Å². The van der Waals surface area contributed by atoms with E-state index in [1.54, 1.807) is 30.1 Å². The van der Waals surface area contributed by atoms with Gasteiger partial charge in [0.1, 0.15) is 5.82 Å². The molecule has 2 N–H and O–H groups in total. The maximum atomic E-state index is 14.1. The molecule has 5 heteroatoms. The molecule has 4 fully saturated rings. The third kappa shape index (κ3) is 4.09. The lowest BCUT2D eigenvalue weighted by molar-refractivity contribution is -0.222. The first kappa shape index (κ1) is 27.1. The van der Waals surface area contributed by atoms with Crippen molar-refractivity contribution in [1.82, 2.24) is 4.90 Å². The van der Waals surface area contributed by atoms with E-state index in [9.17, 15) is 19.4 Å². The summed E-state index contributed by atoms with van der Waals surface area (Å²) in [7, 11) is 1.79. The van der Waals surface area contributed by atoms with E-state index in [-0.39, 0.29) is 22.3 Å². The van der Waals surface area contributed by atoms with Crippen LogP contribution in [0.25, 0.3) is 0 Å². The molecule has 4 aliphatic carbocycles. The van der Waals surface area contributed by atoms with Crippen molar-refractivity contribution in [2.45, 2.75) is 97.7 Å². The van der Waals surface area contributed by atoms with E-state index in [1.807, 2.05) is 0 Å². The zero-order valence-corrected chi connectivity index (χ0v) is 23.5. The van der Waals surface area contributed by atoms with Gasteiger partial charge < -0.3 is 15.1 Å². The fraction of sp³-hybridized carbons (Fsp3) is 0.781. The van der Waals surface area contributed by atoms with Crippen LogP contribution in [0.15, 0.2) is 24.3 Å². The zero-order valence-electron chi connectivity index (χ0n) is 23.5. The van der Waals surface area contributed by atoms with Gasteiger partial charge in [-0.3, -0.25) is 4.79 Å². The number of carbonyl (C=O) groups is 1. The van der Waals surface area contributed by atoms with Crippen LogP contribution in [-0.2, 0) is 0 Å². The molecular formula is C32H48FNO3. The Labute approximate surface area is 223 Å². The Kier molecular flexibility index (Phi) is 7.05. The summed E-state index contributed by atoms with van der Waals surface area (Å²) >= 11 is 0. The third-order valence-corrected chi connectivity index (χ3v) is 12.7. The van der Waals surface area contributed by atoms with Crippen molar-refractivity contribution < 1.29 is 19.4 Å².